The van der Waals surface area contributed by atoms with Gasteiger partial charge in [0, 0.05) is 17.8 Å². The number of anilines is 1. The van der Waals surface area contributed by atoms with Crippen molar-refractivity contribution in [2.45, 2.75) is 39.5 Å². The molecule has 16 heavy (non-hydrogen) atoms. The van der Waals surface area contributed by atoms with Crippen molar-refractivity contribution in [3.8, 4) is 0 Å². The van der Waals surface area contributed by atoms with E-state index in [4.69, 9.17) is 0 Å². The summed E-state index contributed by atoms with van der Waals surface area (Å²) in [6, 6.07) is 7.70. The number of rotatable bonds is 7. The SMILES string of the molecule is CCCCCCNc1ccccc1C(C)=O. The zero-order chi connectivity index (χ0) is 11.8. The smallest absolute Gasteiger partial charge is 0.161 e. The molecule has 0 atom stereocenters. The lowest BCUT2D eigenvalue weighted by Crippen LogP contribution is -2.06. The molecule has 0 heterocycles. The third-order valence-electron chi connectivity index (χ3n) is 2.65. The van der Waals surface area contributed by atoms with E-state index in [2.05, 4.69) is 12.2 Å². The standard InChI is InChI=1S/C14H21NO/c1-3-4-5-8-11-15-14-10-7-6-9-13(14)12(2)16/h6-7,9-10,15H,3-5,8,11H2,1-2H3. The van der Waals surface area contributed by atoms with Crippen LogP contribution in [-0.2, 0) is 0 Å². The van der Waals surface area contributed by atoms with Crippen LogP contribution in [-0.4, -0.2) is 12.3 Å². The first-order valence-corrected chi connectivity index (χ1v) is 6.09. The van der Waals surface area contributed by atoms with E-state index in [1.54, 1.807) is 6.92 Å². The van der Waals surface area contributed by atoms with E-state index in [1.807, 2.05) is 24.3 Å². The molecule has 0 unspecified atom stereocenters. The fourth-order valence-corrected chi connectivity index (χ4v) is 1.72. The summed E-state index contributed by atoms with van der Waals surface area (Å²) in [5.41, 5.74) is 1.75. The molecule has 1 rings (SSSR count). The van der Waals surface area contributed by atoms with Crippen molar-refractivity contribution in [3.05, 3.63) is 29.8 Å². The van der Waals surface area contributed by atoms with Crippen molar-refractivity contribution < 1.29 is 4.79 Å². The average Bonchev–Trinajstić information content (AvgIpc) is 2.29. The largest absolute Gasteiger partial charge is 0.384 e. The lowest BCUT2D eigenvalue weighted by molar-refractivity contribution is 0.101. The molecule has 1 aromatic carbocycles. The first kappa shape index (κ1) is 12.8. The maximum absolute atomic E-state index is 11.4. The van der Waals surface area contributed by atoms with Crippen molar-refractivity contribution in [3.63, 3.8) is 0 Å². The second kappa shape index (κ2) is 7.04. The first-order chi connectivity index (χ1) is 7.75. The number of hydrogen-bond donors (Lipinski definition) is 1. The molecule has 1 N–H and O–H groups in total. The van der Waals surface area contributed by atoms with Crippen LogP contribution in [0.15, 0.2) is 24.3 Å². The Bertz CT molecular complexity index is 333. The van der Waals surface area contributed by atoms with E-state index < -0.39 is 0 Å². The topological polar surface area (TPSA) is 29.1 Å². The summed E-state index contributed by atoms with van der Waals surface area (Å²) >= 11 is 0. The van der Waals surface area contributed by atoms with Gasteiger partial charge in [0.15, 0.2) is 5.78 Å². The first-order valence-electron chi connectivity index (χ1n) is 6.09. The maximum atomic E-state index is 11.4. The van der Waals surface area contributed by atoms with Crippen LogP contribution in [0.25, 0.3) is 0 Å². The molecule has 0 aliphatic carbocycles. The molecule has 0 amide bonds. The average molecular weight is 219 g/mol. The molecule has 88 valence electrons. The Morgan fingerprint density at radius 1 is 1.19 bits per heavy atom. The molecule has 0 bridgehead atoms. The predicted molar refractivity (Wildman–Crippen MR) is 69.1 cm³/mol. The number of unbranched alkanes of at least 4 members (excludes halogenated alkanes) is 3. The van der Waals surface area contributed by atoms with Gasteiger partial charge in [0.25, 0.3) is 0 Å². The van der Waals surface area contributed by atoms with E-state index in [-0.39, 0.29) is 5.78 Å². The second-order valence-corrected chi connectivity index (χ2v) is 4.09. The Kier molecular flexibility index (Phi) is 5.62. The number of nitrogens with one attached hydrogen (secondary N) is 1. The summed E-state index contributed by atoms with van der Waals surface area (Å²) < 4.78 is 0. The zero-order valence-corrected chi connectivity index (χ0v) is 10.3. The Labute approximate surface area is 98.1 Å². The molecule has 0 aliphatic rings. The van der Waals surface area contributed by atoms with Crippen LogP contribution in [0.3, 0.4) is 0 Å². The van der Waals surface area contributed by atoms with Crippen LogP contribution < -0.4 is 5.32 Å². The molecule has 0 fully saturated rings. The minimum Gasteiger partial charge on any atom is -0.384 e. The summed E-state index contributed by atoms with van der Waals surface area (Å²) in [5, 5.41) is 3.33. The molecule has 0 aliphatic heterocycles. The van der Waals surface area contributed by atoms with E-state index in [0.29, 0.717) is 0 Å². The highest BCUT2D eigenvalue weighted by Gasteiger charge is 2.04. The van der Waals surface area contributed by atoms with Crippen molar-refractivity contribution >= 4 is 11.5 Å². The minimum atomic E-state index is 0.122. The van der Waals surface area contributed by atoms with Gasteiger partial charge in [-0.15, -0.1) is 0 Å². The van der Waals surface area contributed by atoms with Crippen LogP contribution in [0, 0.1) is 0 Å². The molecule has 1 aromatic rings. The van der Waals surface area contributed by atoms with Gasteiger partial charge >= 0.3 is 0 Å². The summed E-state index contributed by atoms with van der Waals surface area (Å²) in [4.78, 5) is 11.4. The minimum absolute atomic E-state index is 0.122. The van der Waals surface area contributed by atoms with Gasteiger partial charge in [-0.25, -0.2) is 0 Å². The van der Waals surface area contributed by atoms with Crippen molar-refractivity contribution in [1.29, 1.82) is 0 Å². The van der Waals surface area contributed by atoms with Gasteiger partial charge in [-0.3, -0.25) is 4.79 Å². The molecular weight excluding hydrogens is 198 g/mol. The van der Waals surface area contributed by atoms with Crippen LogP contribution in [0.5, 0.6) is 0 Å². The highest BCUT2D eigenvalue weighted by molar-refractivity contribution is 5.99. The molecule has 2 heteroatoms. The number of benzene rings is 1. The van der Waals surface area contributed by atoms with Gasteiger partial charge in [0.1, 0.15) is 0 Å². The lowest BCUT2D eigenvalue weighted by Gasteiger charge is -2.09. The fraction of sp³-hybridized carbons (Fsp3) is 0.500. The Morgan fingerprint density at radius 3 is 2.62 bits per heavy atom. The number of para-hydroxylation sites is 1. The summed E-state index contributed by atoms with van der Waals surface area (Å²) in [5.74, 6) is 0.122. The maximum Gasteiger partial charge on any atom is 0.161 e. The normalized spacial score (nSPS) is 10.1. The molecular formula is C14H21NO. The van der Waals surface area contributed by atoms with E-state index >= 15 is 0 Å². The van der Waals surface area contributed by atoms with Gasteiger partial charge in [-0.1, -0.05) is 38.3 Å². The molecule has 0 saturated heterocycles. The monoisotopic (exact) mass is 219 g/mol. The molecule has 2 nitrogen and oxygen atoms in total. The molecule has 0 saturated carbocycles. The number of Topliss-reactive ketones (excluding diaryl/α,β-unsaturated/α-hetero) is 1. The van der Waals surface area contributed by atoms with Crippen LogP contribution in [0.1, 0.15) is 49.9 Å². The van der Waals surface area contributed by atoms with Gasteiger partial charge in [-0.05, 0) is 25.5 Å². The van der Waals surface area contributed by atoms with Crippen LogP contribution in [0.4, 0.5) is 5.69 Å². The Morgan fingerprint density at radius 2 is 1.94 bits per heavy atom. The van der Waals surface area contributed by atoms with E-state index in [1.165, 1.54) is 25.7 Å². The van der Waals surface area contributed by atoms with Crippen LogP contribution in [0.2, 0.25) is 0 Å². The van der Waals surface area contributed by atoms with Crippen molar-refractivity contribution in [1.82, 2.24) is 0 Å². The summed E-state index contributed by atoms with van der Waals surface area (Å²) in [7, 11) is 0. The molecule has 0 aromatic heterocycles. The zero-order valence-electron chi connectivity index (χ0n) is 10.3. The van der Waals surface area contributed by atoms with Crippen LogP contribution >= 0.6 is 0 Å². The molecule has 0 spiro atoms. The quantitative estimate of drug-likeness (QED) is 0.557. The number of hydrogen-bond acceptors (Lipinski definition) is 2. The van der Waals surface area contributed by atoms with Gasteiger partial charge in [-0.2, -0.15) is 0 Å². The number of ketones is 1. The highest BCUT2D eigenvalue weighted by Crippen LogP contribution is 2.15. The number of carbonyl (C=O) groups excluding carboxylic acids is 1. The predicted octanol–water partition coefficient (Wildman–Crippen LogP) is 3.88. The van der Waals surface area contributed by atoms with Gasteiger partial charge in [0.05, 0.1) is 0 Å². The third kappa shape index (κ3) is 4.05. The van der Waals surface area contributed by atoms with Gasteiger partial charge in [0.2, 0.25) is 0 Å². The third-order valence-corrected chi connectivity index (χ3v) is 2.65. The fourth-order valence-electron chi connectivity index (χ4n) is 1.72. The Balaban J connectivity index is 2.44. The summed E-state index contributed by atoms with van der Waals surface area (Å²) in [6.07, 6.45) is 4.96. The van der Waals surface area contributed by atoms with E-state index in [9.17, 15) is 4.79 Å². The van der Waals surface area contributed by atoms with Gasteiger partial charge < -0.3 is 5.32 Å². The van der Waals surface area contributed by atoms with E-state index in [0.717, 1.165) is 17.8 Å². The van der Waals surface area contributed by atoms with Crippen molar-refractivity contribution in [2.24, 2.45) is 0 Å². The van der Waals surface area contributed by atoms with Crippen molar-refractivity contribution in [2.75, 3.05) is 11.9 Å². The number of carbonyl (C=O) groups is 1. The Hall–Kier alpha value is -1.31. The summed E-state index contributed by atoms with van der Waals surface area (Å²) in [6.45, 7) is 4.76. The molecule has 0 radical (unpaired) electrons. The highest BCUT2D eigenvalue weighted by atomic mass is 16.1. The lowest BCUT2D eigenvalue weighted by atomic mass is 10.1. The second-order valence-electron chi connectivity index (χ2n) is 4.09.